The van der Waals surface area contributed by atoms with Crippen LogP contribution in [0.25, 0.3) is 0 Å². The Morgan fingerprint density at radius 3 is 2.25 bits per heavy atom. The lowest BCUT2D eigenvalue weighted by Gasteiger charge is -2.00. The molecular formula is C8H6F3N. The molecule has 4 heteroatoms. The molecule has 0 aromatic heterocycles. The SMILES string of the molecule is Fc1cc(F)c(C2CN2)cc1F. The van der Waals surface area contributed by atoms with Gasteiger partial charge in [-0.25, -0.2) is 13.2 Å². The van der Waals surface area contributed by atoms with E-state index in [0.29, 0.717) is 12.6 Å². The van der Waals surface area contributed by atoms with Crippen molar-refractivity contribution in [2.75, 3.05) is 6.54 Å². The average molecular weight is 173 g/mol. The van der Waals surface area contributed by atoms with Crippen molar-refractivity contribution in [1.29, 1.82) is 0 Å². The lowest BCUT2D eigenvalue weighted by Crippen LogP contribution is -1.95. The molecule has 64 valence electrons. The van der Waals surface area contributed by atoms with Crippen molar-refractivity contribution < 1.29 is 13.2 Å². The molecule has 1 fully saturated rings. The molecule has 1 aromatic rings. The summed E-state index contributed by atoms with van der Waals surface area (Å²) >= 11 is 0. The predicted molar refractivity (Wildman–Crippen MR) is 37.1 cm³/mol. The highest BCUT2D eigenvalue weighted by Crippen LogP contribution is 2.25. The van der Waals surface area contributed by atoms with E-state index in [1.807, 2.05) is 0 Å². The first-order chi connectivity index (χ1) is 5.68. The summed E-state index contributed by atoms with van der Waals surface area (Å²) in [4.78, 5) is 0. The van der Waals surface area contributed by atoms with E-state index in [1.54, 1.807) is 0 Å². The van der Waals surface area contributed by atoms with Crippen molar-refractivity contribution in [3.63, 3.8) is 0 Å². The van der Waals surface area contributed by atoms with Gasteiger partial charge in [-0.1, -0.05) is 0 Å². The number of hydrogen-bond donors (Lipinski definition) is 1. The topological polar surface area (TPSA) is 21.9 Å². The van der Waals surface area contributed by atoms with Gasteiger partial charge in [0.1, 0.15) is 5.82 Å². The Morgan fingerprint density at radius 2 is 1.67 bits per heavy atom. The number of hydrogen-bond acceptors (Lipinski definition) is 1. The van der Waals surface area contributed by atoms with Gasteiger partial charge in [-0.05, 0) is 6.07 Å². The molecule has 0 bridgehead atoms. The van der Waals surface area contributed by atoms with Gasteiger partial charge in [-0.15, -0.1) is 0 Å². The van der Waals surface area contributed by atoms with E-state index in [4.69, 9.17) is 0 Å². The summed E-state index contributed by atoms with van der Waals surface area (Å²) in [6, 6.07) is 1.33. The van der Waals surface area contributed by atoms with Crippen LogP contribution in [0, 0.1) is 17.5 Å². The molecule has 1 aliphatic heterocycles. The number of rotatable bonds is 1. The van der Waals surface area contributed by atoms with Crippen molar-refractivity contribution in [1.82, 2.24) is 5.32 Å². The minimum atomic E-state index is -1.14. The summed E-state index contributed by atoms with van der Waals surface area (Å²) in [5.74, 6) is -2.83. The highest BCUT2D eigenvalue weighted by Gasteiger charge is 2.26. The fraction of sp³-hybridized carbons (Fsp3) is 0.250. The Morgan fingerprint density at radius 1 is 1.08 bits per heavy atom. The Bertz CT molecular complexity index is 320. The van der Waals surface area contributed by atoms with Crippen LogP contribution in [0.2, 0.25) is 0 Å². The van der Waals surface area contributed by atoms with E-state index in [2.05, 4.69) is 5.32 Å². The number of nitrogens with one attached hydrogen (secondary N) is 1. The minimum Gasteiger partial charge on any atom is -0.307 e. The zero-order valence-corrected chi connectivity index (χ0v) is 6.07. The lowest BCUT2D eigenvalue weighted by atomic mass is 10.1. The van der Waals surface area contributed by atoms with Crippen molar-refractivity contribution in [2.45, 2.75) is 6.04 Å². The third-order valence-corrected chi connectivity index (χ3v) is 1.82. The fourth-order valence-electron chi connectivity index (χ4n) is 1.08. The first kappa shape index (κ1) is 7.61. The molecule has 12 heavy (non-hydrogen) atoms. The highest BCUT2D eigenvalue weighted by atomic mass is 19.2. The molecular weight excluding hydrogens is 167 g/mol. The predicted octanol–water partition coefficient (Wildman–Crippen LogP) is 1.75. The Kier molecular flexibility index (Phi) is 1.58. The molecule has 0 amide bonds. The van der Waals surface area contributed by atoms with Crippen molar-refractivity contribution in [3.8, 4) is 0 Å². The van der Waals surface area contributed by atoms with E-state index in [9.17, 15) is 13.2 Å². The molecule has 1 N–H and O–H groups in total. The van der Waals surface area contributed by atoms with Gasteiger partial charge >= 0.3 is 0 Å². The second-order valence-corrected chi connectivity index (χ2v) is 2.75. The van der Waals surface area contributed by atoms with Crippen molar-refractivity contribution in [2.24, 2.45) is 0 Å². The smallest absolute Gasteiger partial charge is 0.161 e. The normalized spacial score (nSPS) is 21.1. The van der Waals surface area contributed by atoms with Crippen LogP contribution in [0.5, 0.6) is 0 Å². The van der Waals surface area contributed by atoms with Gasteiger partial charge in [0, 0.05) is 24.2 Å². The molecule has 0 spiro atoms. The molecule has 1 aliphatic rings. The van der Waals surface area contributed by atoms with Crippen LogP contribution in [0.15, 0.2) is 12.1 Å². The van der Waals surface area contributed by atoms with Crippen LogP contribution in [-0.4, -0.2) is 6.54 Å². The second-order valence-electron chi connectivity index (χ2n) is 2.75. The summed E-state index contributed by atoms with van der Waals surface area (Å²) in [7, 11) is 0. The second kappa shape index (κ2) is 2.48. The molecule has 0 saturated carbocycles. The lowest BCUT2D eigenvalue weighted by molar-refractivity contribution is 0.490. The molecule has 1 unspecified atom stereocenters. The molecule has 0 aliphatic carbocycles. The molecule has 1 atom stereocenters. The Labute approximate surface area is 67.2 Å². The quantitative estimate of drug-likeness (QED) is 0.507. The molecule has 1 saturated heterocycles. The first-order valence-electron chi connectivity index (χ1n) is 3.56. The van der Waals surface area contributed by atoms with Crippen LogP contribution in [-0.2, 0) is 0 Å². The van der Waals surface area contributed by atoms with Crippen LogP contribution in [0.1, 0.15) is 11.6 Å². The van der Waals surface area contributed by atoms with Gasteiger partial charge in [0.2, 0.25) is 0 Å². The summed E-state index contributed by atoms with van der Waals surface area (Å²) in [6.45, 7) is 0.627. The monoisotopic (exact) mass is 173 g/mol. The van der Waals surface area contributed by atoms with Gasteiger partial charge in [-0.2, -0.15) is 0 Å². The maximum atomic E-state index is 12.9. The van der Waals surface area contributed by atoms with Crippen molar-refractivity contribution >= 4 is 0 Å². The fourth-order valence-corrected chi connectivity index (χ4v) is 1.08. The molecule has 2 rings (SSSR count). The van der Waals surface area contributed by atoms with E-state index in [1.165, 1.54) is 0 Å². The zero-order valence-electron chi connectivity index (χ0n) is 6.07. The molecule has 1 nitrogen and oxygen atoms in total. The van der Waals surface area contributed by atoms with Crippen LogP contribution in [0.4, 0.5) is 13.2 Å². The molecule has 0 radical (unpaired) electrons. The van der Waals surface area contributed by atoms with Crippen LogP contribution >= 0.6 is 0 Å². The largest absolute Gasteiger partial charge is 0.307 e. The summed E-state index contributed by atoms with van der Waals surface area (Å²) in [5.41, 5.74) is 0.203. The van der Waals surface area contributed by atoms with E-state index >= 15 is 0 Å². The summed E-state index contributed by atoms with van der Waals surface area (Å²) in [6.07, 6.45) is 0. The Balaban J connectivity index is 2.47. The third-order valence-electron chi connectivity index (χ3n) is 1.82. The highest BCUT2D eigenvalue weighted by molar-refractivity contribution is 5.26. The van der Waals surface area contributed by atoms with E-state index in [-0.39, 0.29) is 11.6 Å². The van der Waals surface area contributed by atoms with Crippen LogP contribution < -0.4 is 5.32 Å². The van der Waals surface area contributed by atoms with Crippen LogP contribution in [0.3, 0.4) is 0 Å². The van der Waals surface area contributed by atoms with Gasteiger partial charge in [-0.3, -0.25) is 0 Å². The van der Waals surface area contributed by atoms with Gasteiger partial charge < -0.3 is 5.32 Å². The van der Waals surface area contributed by atoms with E-state index in [0.717, 1.165) is 6.07 Å². The van der Waals surface area contributed by atoms with E-state index < -0.39 is 17.5 Å². The third kappa shape index (κ3) is 1.18. The Hall–Kier alpha value is -1.03. The standard InChI is InChI=1S/C8H6F3N/c9-5-2-7(11)6(10)1-4(5)8-3-12-8/h1-2,8,12H,3H2. The van der Waals surface area contributed by atoms with Gasteiger partial charge in [0.15, 0.2) is 11.6 Å². The maximum Gasteiger partial charge on any atom is 0.161 e. The molecule has 1 heterocycles. The average Bonchev–Trinajstić information content (AvgIpc) is 2.79. The molecule has 1 aromatic carbocycles. The summed E-state index contributed by atoms with van der Waals surface area (Å²) < 4.78 is 37.9. The van der Waals surface area contributed by atoms with Gasteiger partial charge in [0.25, 0.3) is 0 Å². The number of benzene rings is 1. The zero-order chi connectivity index (χ0) is 8.72. The number of halogens is 3. The van der Waals surface area contributed by atoms with Crippen molar-refractivity contribution in [3.05, 3.63) is 35.1 Å². The first-order valence-corrected chi connectivity index (χ1v) is 3.56. The van der Waals surface area contributed by atoms with Gasteiger partial charge in [0.05, 0.1) is 0 Å². The maximum absolute atomic E-state index is 12.9. The minimum absolute atomic E-state index is 0.139. The summed E-state index contributed by atoms with van der Waals surface area (Å²) in [5, 5.41) is 2.81.